The summed E-state index contributed by atoms with van der Waals surface area (Å²) >= 11 is 0. The van der Waals surface area contributed by atoms with Crippen molar-refractivity contribution in [3.05, 3.63) is 107 Å². The molecule has 1 saturated carbocycles. The molecule has 1 saturated heterocycles. The lowest BCUT2D eigenvalue weighted by atomic mass is 9.36. The molecule has 1 N–H and O–H groups in total. The Bertz CT molecular complexity index is 1540. The Kier molecular flexibility index (Phi) is 5.80. The topological polar surface area (TPSA) is 51.2 Å². The second kappa shape index (κ2) is 9.19. The molecule has 0 amide bonds. The quantitative estimate of drug-likeness (QED) is 0.348. The standard InChI is InChI=1S/C37H41NO4/c1-34(39,17-16-25-10-6-4-7-11-25)29-23-35-18-19-37(29,40-3)33-36(35)20-21-38(2)30(35)22-27-14-15-28(32(42-33)31(27)36)41-24-26-12-8-5-9-13-26/h4-15,18-19,29-30,33,39H,16-17,20-24H2,1-3H3/t29-,30-,33-,34-,35?,36+,37+/m1/s1. The van der Waals surface area contributed by atoms with E-state index >= 15 is 0 Å². The first-order valence-corrected chi connectivity index (χ1v) is 15.6. The maximum absolute atomic E-state index is 12.4. The van der Waals surface area contributed by atoms with Gasteiger partial charge in [-0.2, -0.15) is 0 Å². The highest BCUT2D eigenvalue weighted by atomic mass is 16.6. The number of hydrogen-bond donors (Lipinski definition) is 1. The second-order valence-electron chi connectivity index (χ2n) is 13.7. The molecular weight excluding hydrogens is 522 g/mol. The molecule has 1 unspecified atom stereocenters. The van der Waals surface area contributed by atoms with Crippen LogP contribution in [0.15, 0.2) is 84.9 Å². The zero-order valence-corrected chi connectivity index (χ0v) is 24.9. The minimum atomic E-state index is -0.941. The molecule has 2 aliphatic heterocycles. The molecule has 2 fully saturated rings. The fourth-order valence-corrected chi connectivity index (χ4v) is 9.82. The first kappa shape index (κ1) is 26.5. The number of hydrogen-bond acceptors (Lipinski definition) is 5. The molecule has 7 atom stereocenters. The third-order valence-electron chi connectivity index (χ3n) is 11.8. The maximum atomic E-state index is 12.4. The SMILES string of the molecule is CO[C@@]12C=CC3(C[C@@H]1[C@](C)(O)CCc1ccccc1)[C@H]1Cc4ccc(OCc5ccccc5)c5c4[C@@]3(CCN1C)[C@H]2O5. The maximum Gasteiger partial charge on any atom is 0.166 e. The van der Waals surface area contributed by atoms with Crippen molar-refractivity contribution in [2.75, 3.05) is 20.7 Å². The van der Waals surface area contributed by atoms with Gasteiger partial charge in [-0.15, -0.1) is 0 Å². The van der Waals surface area contributed by atoms with Crippen LogP contribution in [0.5, 0.6) is 11.5 Å². The van der Waals surface area contributed by atoms with Crippen LogP contribution in [0.4, 0.5) is 0 Å². The zero-order valence-electron chi connectivity index (χ0n) is 24.9. The molecule has 3 aromatic rings. The molecule has 5 nitrogen and oxygen atoms in total. The normalized spacial score (nSPS) is 34.9. The number of likely N-dealkylation sites (tertiary alicyclic amines) is 1. The van der Waals surface area contributed by atoms with Crippen molar-refractivity contribution in [1.82, 2.24) is 4.90 Å². The number of nitrogens with zero attached hydrogens (tertiary/aromatic N) is 1. The molecule has 2 heterocycles. The van der Waals surface area contributed by atoms with Crippen molar-refractivity contribution < 1.29 is 19.3 Å². The molecule has 6 aliphatic rings. The number of likely N-dealkylation sites (N-methyl/N-ethyl adjacent to an activating group) is 1. The number of aryl methyl sites for hydroxylation is 1. The van der Waals surface area contributed by atoms with Crippen molar-refractivity contribution in [1.29, 1.82) is 0 Å². The lowest BCUT2D eigenvalue weighted by Gasteiger charge is -2.72. The molecule has 2 spiro atoms. The van der Waals surface area contributed by atoms with Gasteiger partial charge in [0.05, 0.1) is 11.0 Å². The molecular formula is C37H41NO4. The van der Waals surface area contributed by atoms with Gasteiger partial charge in [-0.05, 0) is 75.4 Å². The van der Waals surface area contributed by atoms with E-state index in [1.807, 2.05) is 38.3 Å². The van der Waals surface area contributed by atoms with E-state index < -0.39 is 11.2 Å². The van der Waals surface area contributed by atoms with Gasteiger partial charge in [0.25, 0.3) is 0 Å². The third kappa shape index (κ3) is 3.36. The number of fused-ring (bicyclic) bond motifs is 1. The average Bonchev–Trinajstić information content (AvgIpc) is 3.39. The van der Waals surface area contributed by atoms with Gasteiger partial charge in [0.1, 0.15) is 18.3 Å². The van der Waals surface area contributed by atoms with Gasteiger partial charge in [-0.25, -0.2) is 0 Å². The van der Waals surface area contributed by atoms with Crippen molar-refractivity contribution in [2.24, 2.45) is 11.3 Å². The summed E-state index contributed by atoms with van der Waals surface area (Å²) in [5, 5.41) is 12.4. The summed E-state index contributed by atoms with van der Waals surface area (Å²) in [4.78, 5) is 2.56. The largest absolute Gasteiger partial charge is 0.485 e. The van der Waals surface area contributed by atoms with Gasteiger partial charge >= 0.3 is 0 Å². The smallest absolute Gasteiger partial charge is 0.166 e. The van der Waals surface area contributed by atoms with E-state index in [1.54, 1.807) is 0 Å². The second-order valence-corrected chi connectivity index (χ2v) is 13.7. The first-order chi connectivity index (χ1) is 20.3. The van der Waals surface area contributed by atoms with Crippen LogP contribution in [0.25, 0.3) is 0 Å². The fourth-order valence-electron chi connectivity index (χ4n) is 9.82. The van der Waals surface area contributed by atoms with Crippen LogP contribution in [-0.4, -0.2) is 54.1 Å². The Balaban J connectivity index is 1.23. The van der Waals surface area contributed by atoms with Gasteiger partial charge in [-0.3, -0.25) is 0 Å². The third-order valence-corrected chi connectivity index (χ3v) is 11.8. The van der Waals surface area contributed by atoms with Crippen LogP contribution in [0, 0.1) is 11.3 Å². The minimum absolute atomic E-state index is 0.111. The van der Waals surface area contributed by atoms with Crippen LogP contribution < -0.4 is 9.47 Å². The highest BCUT2D eigenvalue weighted by Gasteiger charge is 2.80. The molecule has 4 bridgehead atoms. The van der Waals surface area contributed by atoms with Crippen LogP contribution in [0.3, 0.4) is 0 Å². The van der Waals surface area contributed by atoms with Gasteiger partial charge < -0.3 is 24.2 Å². The van der Waals surface area contributed by atoms with E-state index in [9.17, 15) is 5.11 Å². The van der Waals surface area contributed by atoms with Crippen LogP contribution in [0.2, 0.25) is 0 Å². The summed E-state index contributed by atoms with van der Waals surface area (Å²) in [6.45, 7) is 3.54. The first-order valence-electron chi connectivity index (χ1n) is 15.6. The number of methoxy groups -OCH3 is 1. The van der Waals surface area contributed by atoms with E-state index in [2.05, 4.69) is 72.6 Å². The zero-order chi connectivity index (χ0) is 28.7. The molecule has 0 aromatic heterocycles. The van der Waals surface area contributed by atoms with E-state index in [-0.39, 0.29) is 22.9 Å². The van der Waals surface area contributed by atoms with E-state index in [0.29, 0.717) is 19.1 Å². The van der Waals surface area contributed by atoms with Crippen LogP contribution in [0.1, 0.15) is 48.4 Å². The lowest BCUT2D eigenvalue weighted by molar-refractivity contribution is -0.247. The highest BCUT2D eigenvalue weighted by molar-refractivity contribution is 5.65. The van der Waals surface area contributed by atoms with Gasteiger partial charge in [0.2, 0.25) is 0 Å². The Morgan fingerprint density at radius 1 is 1.00 bits per heavy atom. The number of piperidine rings is 1. The number of aliphatic hydroxyl groups is 1. The fraction of sp³-hybridized carbons (Fsp3) is 0.459. The number of benzene rings is 3. The summed E-state index contributed by atoms with van der Waals surface area (Å²) < 4.78 is 20.3. The van der Waals surface area contributed by atoms with Gasteiger partial charge in [0.15, 0.2) is 11.5 Å². The molecule has 9 rings (SSSR count). The predicted octanol–water partition coefficient (Wildman–Crippen LogP) is 5.87. The van der Waals surface area contributed by atoms with Crippen molar-refractivity contribution in [2.45, 2.75) is 74.4 Å². The Hall–Kier alpha value is -3.12. The minimum Gasteiger partial charge on any atom is -0.485 e. The van der Waals surface area contributed by atoms with E-state index in [1.165, 1.54) is 16.7 Å². The van der Waals surface area contributed by atoms with Gasteiger partial charge in [0, 0.05) is 30.0 Å². The monoisotopic (exact) mass is 563 g/mol. The Morgan fingerprint density at radius 3 is 2.48 bits per heavy atom. The highest BCUT2D eigenvalue weighted by Crippen LogP contribution is 2.75. The number of rotatable bonds is 8. The van der Waals surface area contributed by atoms with Crippen molar-refractivity contribution >= 4 is 0 Å². The number of ether oxygens (including phenoxy) is 3. The average molecular weight is 564 g/mol. The summed E-state index contributed by atoms with van der Waals surface area (Å²) in [6.07, 6.45) is 8.88. The van der Waals surface area contributed by atoms with Crippen molar-refractivity contribution in [3.8, 4) is 11.5 Å². The molecule has 0 radical (unpaired) electrons. The Morgan fingerprint density at radius 2 is 1.74 bits per heavy atom. The van der Waals surface area contributed by atoms with Crippen LogP contribution in [-0.2, 0) is 29.6 Å². The lowest BCUT2D eigenvalue weighted by Crippen LogP contribution is -2.80. The summed E-state index contributed by atoms with van der Waals surface area (Å²) in [5.74, 6) is 1.60. The molecule has 42 heavy (non-hydrogen) atoms. The van der Waals surface area contributed by atoms with E-state index in [0.717, 1.165) is 49.3 Å². The van der Waals surface area contributed by atoms with Crippen LogP contribution >= 0.6 is 0 Å². The molecule has 5 heteroatoms. The molecule has 218 valence electrons. The summed E-state index contributed by atoms with van der Waals surface area (Å²) in [6, 6.07) is 25.6. The summed E-state index contributed by atoms with van der Waals surface area (Å²) in [7, 11) is 4.10. The Labute approximate surface area is 249 Å². The summed E-state index contributed by atoms with van der Waals surface area (Å²) in [5.41, 5.74) is 3.06. The van der Waals surface area contributed by atoms with Crippen molar-refractivity contribution in [3.63, 3.8) is 0 Å². The molecule has 4 aliphatic carbocycles. The molecule has 3 aromatic carbocycles. The predicted molar refractivity (Wildman–Crippen MR) is 163 cm³/mol. The van der Waals surface area contributed by atoms with E-state index in [4.69, 9.17) is 14.2 Å². The van der Waals surface area contributed by atoms with Gasteiger partial charge in [-0.1, -0.05) is 78.9 Å².